The number of ether oxygens (including phenoxy) is 1. The summed E-state index contributed by atoms with van der Waals surface area (Å²) in [5.41, 5.74) is 1.16. The smallest absolute Gasteiger partial charge is 0.136 e. The maximum atomic E-state index is 5.76. The second-order valence-corrected chi connectivity index (χ2v) is 3.87. The zero-order chi connectivity index (χ0) is 10.5. The van der Waals surface area contributed by atoms with E-state index in [-0.39, 0.29) is 5.85 Å². The summed E-state index contributed by atoms with van der Waals surface area (Å²) >= 11 is 0. The van der Waals surface area contributed by atoms with Crippen molar-refractivity contribution in [3.8, 4) is 5.75 Å². The topological polar surface area (TPSA) is 9.23 Å². The van der Waals surface area contributed by atoms with Gasteiger partial charge in [0.1, 0.15) is 11.6 Å². The quantitative estimate of drug-likeness (QED) is 0.712. The Labute approximate surface area is 92.3 Å². The minimum atomic E-state index is 0.00796. The van der Waals surface area contributed by atoms with E-state index in [2.05, 4.69) is 21.4 Å². The second kappa shape index (κ2) is 4.95. The summed E-state index contributed by atoms with van der Waals surface area (Å²) in [7, 11) is 2.70. The molecular weight excluding hydrogens is 203 g/mol. The Kier molecular flexibility index (Phi) is 3.37. The van der Waals surface area contributed by atoms with E-state index in [0.29, 0.717) is 0 Å². The van der Waals surface area contributed by atoms with Crippen molar-refractivity contribution in [1.82, 2.24) is 0 Å². The summed E-state index contributed by atoms with van der Waals surface area (Å²) < 4.78 is 5.76. The van der Waals surface area contributed by atoms with Crippen molar-refractivity contribution in [3.63, 3.8) is 0 Å². The maximum Gasteiger partial charge on any atom is 0.136 e. The van der Waals surface area contributed by atoms with Gasteiger partial charge in [-0.1, -0.05) is 57.8 Å². The Morgan fingerprint density at radius 3 is 1.93 bits per heavy atom. The number of hydrogen-bond acceptors (Lipinski definition) is 1. The average molecular weight is 216 g/mol. The van der Waals surface area contributed by atoms with Crippen LogP contribution in [0.5, 0.6) is 5.75 Å². The molecule has 2 heteroatoms. The van der Waals surface area contributed by atoms with Gasteiger partial charge in [0.25, 0.3) is 0 Å². The van der Waals surface area contributed by atoms with E-state index in [4.69, 9.17) is 4.74 Å². The molecule has 0 heterocycles. The molecule has 2 aromatic carbocycles. The molecule has 0 fully saturated rings. The molecular formula is C13H13OP. The summed E-state index contributed by atoms with van der Waals surface area (Å²) in [5, 5.41) is 0. The third-order valence-corrected chi connectivity index (χ3v) is 2.66. The van der Waals surface area contributed by atoms with Gasteiger partial charge < -0.3 is 4.74 Å². The summed E-state index contributed by atoms with van der Waals surface area (Å²) in [6.45, 7) is 0. The van der Waals surface area contributed by atoms with E-state index >= 15 is 0 Å². The summed E-state index contributed by atoms with van der Waals surface area (Å²) in [4.78, 5) is 0. The predicted molar refractivity (Wildman–Crippen MR) is 66.0 cm³/mol. The lowest BCUT2D eigenvalue weighted by Crippen LogP contribution is -1.98. The van der Waals surface area contributed by atoms with Crippen LogP contribution in [0, 0.1) is 0 Å². The second-order valence-electron chi connectivity index (χ2n) is 3.26. The molecule has 2 atom stereocenters. The Hall–Kier alpha value is -1.33. The number of rotatable bonds is 3. The summed E-state index contributed by atoms with van der Waals surface area (Å²) in [5.74, 6) is 0.898. The molecule has 0 saturated carbocycles. The van der Waals surface area contributed by atoms with E-state index in [1.165, 1.54) is 0 Å². The van der Waals surface area contributed by atoms with E-state index < -0.39 is 0 Å². The van der Waals surface area contributed by atoms with Gasteiger partial charge in [-0.25, -0.2) is 0 Å². The van der Waals surface area contributed by atoms with Gasteiger partial charge >= 0.3 is 0 Å². The molecule has 2 unspecified atom stereocenters. The van der Waals surface area contributed by atoms with Crippen LogP contribution in [0.1, 0.15) is 11.4 Å². The molecule has 0 spiro atoms. The van der Waals surface area contributed by atoms with Gasteiger partial charge in [-0.15, -0.1) is 0 Å². The molecule has 0 aliphatic rings. The molecule has 0 saturated heterocycles. The molecule has 0 aliphatic heterocycles. The van der Waals surface area contributed by atoms with Crippen LogP contribution in [-0.4, -0.2) is 0 Å². The van der Waals surface area contributed by atoms with Gasteiger partial charge in [0.15, 0.2) is 0 Å². The first-order valence-electron chi connectivity index (χ1n) is 4.88. The molecule has 1 nitrogen and oxygen atoms in total. The Morgan fingerprint density at radius 2 is 1.33 bits per heavy atom. The highest BCUT2D eigenvalue weighted by Gasteiger charge is 2.05. The highest BCUT2D eigenvalue weighted by Crippen LogP contribution is 2.26. The molecule has 2 rings (SSSR count). The van der Waals surface area contributed by atoms with Crippen molar-refractivity contribution < 1.29 is 4.74 Å². The summed E-state index contributed by atoms with van der Waals surface area (Å²) in [6.07, 6.45) is 0. The van der Waals surface area contributed by atoms with Crippen LogP contribution in [-0.2, 0) is 0 Å². The monoisotopic (exact) mass is 216 g/mol. The fourth-order valence-electron chi connectivity index (χ4n) is 1.36. The first-order valence-corrected chi connectivity index (χ1v) is 5.55. The Bertz CT molecular complexity index is 399. The van der Waals surface area contributed by atoms with Crippen LogP contribution in [0.4, 0.5) is 0 Å². The minimum Gasteiger partial charge on any atom is -0.482 e. The molecule has 76 valence electrons. The van der Waals surface area contributed by atoms with Crippen molar-refractivity contribution in [2.45, 2.75) is 5.85 Å². The highest BCUT2D eigenvalue weighted by atomic mass is 31.0. The third-order valence-electron chi connectivity index (χ3n) is 2.13. The van der Waals surface area contributed by atoms with Crippen molar-refractivity contribution >= 4 is 9.24 Å². The third kappa shape index (κ3) is 2.81. The van der Waals surface area contributed by atoms with Crippen LogP contribution in [0.2, 0.25) is 0 Å². The lowest BCUT2D eigenvalue weighted by atomic mass is 10.2. The van der Waals surface area contributed by atoms with Gasteiger partial charge in [0.05, 0.1) is 0 Å². The Morgan fingerprint density at radius 1 is 0.800 bits per heavy atom. The average Bonchev–Trinajstić information content (AvgIpc) is 2.31. The van der Waals surface area contributed by atoms with Crippen LogP contribution in [0.3, 0.4) is 0 Å². The SMILES string of the molecule is PC(Oc1ccccc1)c1ccccc1. The van der Waals surface area contributed by atoms with Crippen molar-refractivity contribution in [1.29, 1.82) is 0 Å². The van der Waals surface area contributed by atoms with Gasteiger partial charge in [0, 0.05) is 0 Å². The van der Waals surface area contributed by atoms with Crippen LogP contribution < -0.4 is 4.74 Å². The summed E-state index contributed by atoms with van der Waals surface area (Å²) in [6, 6.07) is 20.0. The molecule has 0 aliphatic carbocycles. The van der Waals surface area contributed by atoms with Crippen molar-refractivity contribution in [2.75, 3.05) is 0 Å². The van der Waals surface area contributed by atoms with E-state index in [1.54, 1.807) is 0 Å². The first kappa shape index (κ1) is 10.2. The fraction of sp³-hybridized carbons (Fsp3) is 0.0769. The van der Waals surface area contributed by atoms with Crippen LogP contribution >= 0.6 is 9.24 Å². The standard InChI is InChI=1S/C13H13OP/c15-13(11-7-3-1-4-8-11)14-12-9-5-2-6-10-12/h1-10,13H,15H2. The highest BCUT2D eigenvalue weighted by molar-refractivity contribution is 7.16. The number of benzene rings is 2. The van der Waals surface area contributed by atoms with Crippen molar-refractivity contribution in [2.24, 2.45) is 0 Å². The van der Waals surface area contributed by atoms with E-state index in [1.807, 2.05) is 48.5 Å². The van der Waals surface area contributed by atoms with Crippen LogP contribution in [0.15, 0.2) is 60.7 Å². The fourth-order valence-corrected chi connectivity index (χ4v) is 1.74. The van der Waals surface area contributed by atoms with Crippen LogP contribution in [0.25, 0.3) is 0 Å². The van der Waals surface area contributed by atoms with E-state index in [0.717, 1.165) is 11.3 Å². The zero-order valence-electron chi connectivity index (χ0n) is 8.34. The predicted octanol–water partition coefficient (Wildman–Crippen LogP) is 3.64. The first-order chi connectivity index (χ1) is 7.36. The van der Waals surface area contributed by atoms with Gasteiger partial charge in [-0.2, -0.15) is 0 Å². The number of hydrogen-bond donors (Lipinski definition) is 0. The molecule has 2 aromatic rings. The molecule has 0 aromatic heterocycles. The lowest BCUT2D eigenvalue weighted by molar-refractivity contribution is 0.294. The minimum absolute atomic E-state index is 0.00796. The normalized spacial score (nSPS) is 12.1. The molecule has 0 radical (unpaired) electrons. The van der Waals surface area contributed by atoms with E-state index in [9.17, 15) is 0 Å². The zero-order valence-corrected chi connectivity index (χ0v) is 9.49. The number of para-hydroxylation sites is 1. The maximum absolute atomic E-state index is 5.76. The molecule has 0 N–H and O–H groups in total. The molecule has 0 amide bonds. The van der Waals surface area contributed by atoms with Gasteiger partial charge in [0.2, 0.25) is 0 Å². The Balaban J connectivity index is 2.08. The van der Waals surface area contributed by atoms with Gasteiger partial charge in [-0.3, -0.25) is 0 Å². The largest absolute Gasteiger partial charge is 0.482 e. The molecule has 0 bridgehead atoms. The lowest BCUT2D eigenvalue weighted by Gasteiger charge is -2.14. The van der Waals surface area contributed by atoms with Gasteiger partial charge in [-0.05, 0) is 17.7 Å². The van der Waals surface area contributed by atoms with Crippen molar-refractivity contribution in [3.05, 3.63) is 66.2 Å². The molecule has 15 heavy (non-hydrogen) atoms.